The molecule has 1 unspecified atom stereocenters. The van der Waals surface area contributed by atoms with Crippen molar-refractivity contribution in [2.45, 2.75) is 17.4 Å². The molecule has 0 aliphatic carbocycles. The van der Waals surface area contributed by atoms with Crippen molar-refractivity contribution in [3.05, 3.63) is 72.3 Å². The lowest BCUT2D eigenvalue weighted by Gasteiger charge is -2.15. The van der Waals surface area contributed by atoms with Gasteiger partial charge in [0.2, 0.25) is 10.0 Å². The summed E-state index contributed by atoms with van der Waals surface area (Å²) in [6.45, 7) is 0.116. The van der Waals surface area contributed by atoms with Gasteiger partial charge in [-0.1, -0.05) is 54.6 Å². The average Bonchev–Trinajstić information content (AvgIpc) is 2.67. The molecule has 0 spiro atoms. The molecule has 2 N–H and O–H groups in total. The highest BCUT2D eigenvalue weighted by Gasteiger charge is 2.19. The number of benzene rings is 3. The molecule has 5 nitrogen and oxygen atoms in total. The highest BCUT2D eigenvalue weighted by atomic mass is 32.2. The number of methoxy groups -OCH3 is 1. The molecule has 0 radical (unpaired) electrons. The SMILES string of the molecule is COc1ccccc1S(=O)(=O)NCCC(O)c1cccc2ccccc12. The maximum Gasteiger partial charge on any atom is 0.244 e. The largest absolute Gasteiger partial charge is 0.495 e. The van der Waals surface area contributed by atoms with Gasteiger partial charge in [0.05, 0.1) is 13.2 Å². The summed E-state index contributed by atoms with van der Waals surface area (Å²) in [5.74, 6) is 0.287. The van der Waals surface area contributed by atoms with Crippen LogP contribution in [0, 0.1) is 0 Å². The van der Waals surface area contributed by atoms with Gasteiger partial charge in [-0.15, -0.1) is 0 Å². The standard InChI is InChI=1S/C20H21NO4S/c1-25-19-11-4-5-12-20(19)26(23,24)21-14-13-18(22)17-10-6-8-15-7-2-3-9-16(15)17/h2-12,18,21-22H,13-14H2,1H3. The predicted octanol–water partition coefficient (Wildman–Crippen LogP) is 3.25. The maximum absolute atomic E-state index is 12.5. The molecule has 6 heteroatoms. The first kappa shape index (κ1) is 18.4. The minimum Gasteiger partial charge on any atom is -0.495 e. The van der Waals surface area contributed by atoms with E-state index in [9.17, 15) is 13.5 Å². The molecular formula is C20H21NO4S. The van der Waals surface area contributed by atoms with Crippen LogP contribution in [0.3, 0.4) is 0 Å². The lowest BCUT2D eigenvalue weighted by Crippen LogP contribution is -2.26. The lowest BCUT2D eigenvalue weighted by molar-refractivity contribution is 0.170. The minimum absolute atomic E-state index is 0.0853. The van der Waals surface area contributed by atoms with Gasteiger partial charge in [-0.05, 0) is 34.9 Å². The number of sulfonamides is 1. The Morgan fingerprint density at radius 1 is 1.00 bits per heavy atom. The number of hydrogen-bond acceptors (Lipinski definition) is 4. The summed E-state index contributed by atoms with van der Waals surface area (Å²) in [5.41, 5.74) is 0.791. The van der Waals surface area contributed by atoms with Crippen LogP contribution in [0.5, 0.6) is 5.75 Å². The van der Waals surface area contributed by atoms with E-state index in [2.05, 4.69) is 4.72 Å². The first-order valence-corrected chi connectivity index (χ1v) is 9.79. The quantitative estimate of drug-likeness (QED) is 0.668. The van der Waals surface area contributed by atoms with Gasteiger partial charge in [0.1, 0.15) is 10.6 Å². The van der Waals surface area contributed by atoms with Gasteiger partial charge in [0.15, 0.2) is 0 Å². The second kappa shape index (κ2) is 7.86. The number of rotatable bonds is 7. The molecule has 0 saturated heterocycles. The van der Waals surface area contributed by atoms with Crippen molar-refractivity contribution >= 4 is 20.8 Å². The van der Waals surface area contributed by atoms with Crippen molar-refractivity contribution in [1.29, 1.82) is 0 Å². The Bertz CT molecular complexity index is 996. The lowest BCUT2D eigenvalue weighted by atomic mass is 9.99. The van der Waals surface area contributed by atoms with E-state index < -0.39 is 16.1 Å². The Kier molecular flexibility index (Phi) is 5.56. The van der Waals surface area contributed by atoms with Crippen LogP contribution in [0.4, 0.5) is 0 Å². The van der Waals surface area contributed by atoms with Crippen LogP contribution < -0.4 is 9.46 Å². The van der Waals surface area contributed by atoms with E-state index >= 15 is 0 Å². The van der Waals surface area contributed by atoms with Crippen molar-refractivity contribution < 1.29 is 18.3 Å². The summed E-state index contributed by atoms with van der Waals surface area (Å²) in [6, 6.07) is 20.0. The molecule has 0 amide bonds. The monoisotopic (exact) mass is 371 g/mol. The third kappa shape index (κ3) is 3.88. The first-order valence-electron chi connectivity index (χ1n) is 8.31. The Morgan fingerprint density at radius 2 is 1.69 bits per heavy atom. The zero-order valence-corrected chi connectivity index (χ0v) is 15.2. The van der Waals surface area contributed by atoms with Gasteiger partial charge in [0.25, 0.3) is 0 Å². The van der Waals surface area contributed by atoms with Crippen molar-refractivity contribution in [3.63, 3.8) is 0 Å². The fraction of sp³-hybridized carbons (Fsp3) is 0.200. The normalized spacial score (nSPS) is 12.8. The highest BCUT2D eigenvalue weighted by Crippen LogP contribution is 2.26. The molecule has 1 atom stereocenters. The van der Waals surface area contributed by atoms with Crippen LogP contribution in [0.15, 0.2) is 71.6 Å². The fourth-order valence-corrected chi connectivity index (χ4v) is 4.16. The van der Waals surface area contributed by atoms with Gasteiger partial charge in [0, 0.05) is 6.54 Å². The van der Waals surface area contributed by atoms with Crippen LogP contribution in [0.25, 0.3) is 10.8 Å². The van der Waals surface area contributed by atoms with Gasteiger partial charge < -0.3 is 9.84 Å². The van der Waals surface area contributed by atoms with E-state index in [1.807, 2.05) is 42.5 Å². The van der Waals surface area contributed by atoms with Crippen molar-refractivity contribution in [3.8, 4) is 5.75 Å². The van der Waals surface area contributed by atoms with Crippen LogP contribution in [-0.2, 0) is 10.0 Å². The summed E-state index contributed by atoms with van der Waals surface area (Å²) >= 11 is 0. The van der Waals surface area contributed by atoms with Crippen molar-refractivity contribution in [2.75, 3.05) is 13.7 Å². The summed E-state index contributed by atoms with van der Waals surface area (Å²) in [6.07, 6.45) is -0.496. The molecule has 3 aromatic carbocycles. The molecule has 0 aromatic heterocycles. The van der Waals surface area contributed by atoms with E-state index in [0.29, 0.717) is 0 Å². The highest BCUT2D eigenvalue weighted by molar-refractivity contribution is 7.89. The number of para-hydroxylation sites is 1. The number of hydrogen-bond donors (Lipinski definition) is 2. The Balaban J connectivity index is 1.71. The molecule has 0 bridgehead atoms. The van der Waals surface area contributed by atoms with Crippen LogP contribution in [0.1, 0.15) is 18.1 Å². The fourth-order valence-electron chi connectivity index (χ4n) is 2.95. The van der Waals surface area contributed by atoms with Gasteiger partial charge in [-0.3, -0.25) is 0 Å². The third-order valence-corrected chi connectivity index (χ3v) is 5.75. The second-order valence-electron chi connectivity index (χ2n) is 5.92. The summed E-state index contributed by atoms with van der Waals surface area (Å²) in [4.78, 5) is 0.0853. The number of nitrogens with one attached hydrogen (secondary N) is 1. The topological polar surface area (TPSA) is 75.6 Å². The number of aliphatic hydroxyl groups excluding tert-OH is 1. The zero-order chi connectivity index (χ0) is 18.6. The number of aliphatic hydroxyl groups is 1. The molecule has 0 aliphatic rings. The maximum atomic E-state index is 12.5. The van der Waals surface area contributed by atoms with E-state index in [4.69, 9.17) is 4.74 Å². The van der Waals surface area contributed by atoms with Gasteiger partial charge in [-0.2, -0.15) is 0 Å². The molecule has 3 aromatic rings. The summed E-state index contributed by atoms with van der Waals surface area (Å²) in [7, 11) is -2.28. The van der Waals surface area contributed by atoms with E-state index in [-0.39, 0.29) is 23.6 Å². The second-order valence-corrected chi connectivity index (χ2v) is 7.66. The van der Waals surface area contributed by atoms with E-state index in [1.54, 1.807) is 18.2 Å². The van der Waals surface area contributed by atoms with E-state index in [1.165, 1.54) is 13.2 Å². The molecule has 0 saturated carbocycles. The number of ether oxygens (including phenoxy) is 1. The Hall–Kier alpha value is -2.41. The molecule has 3 rings (SSSR count). The third-order valence-electron chi connectivity index (χ3n) is 4.25. The van der Waals surface area contributed by atoms with Gasteiger partial charge >= 0.3 is 0 Å². The zero-order valence-electron chi connectivity index (χ0n) is 14.4. The first-order chi connectivity index (χ1) is 12.5. The summed E-state index contributed by atoms with van der Waals surface area (Å²) in [5, 5.41) is 12.5. The predicted molar refractivity (Wildman–Crippen MR) is 102 cm³/mol. The van der Waals surface area contributed by atoms with Crippen LogP contribution in [0.2, 0.25) is 0 Å². The minimum atomic E-state index is -3.71. The Labute approximate surface area is 153 Å². The Morgan fingerprint density at radius 3 is 2.50 bits per heavy atom. The molecular weight excluding hydrogens is 350 g/mol. The van der Waals surface area contributed by atoms with Crippen molar-refractivity contribution in [2.24, 2.45) is 0 Å². The van der Waals surface area contributed by atoms with Crippen molar-refractivity contribution in [1.82, 2.24) is 4.72 Å². The molecule has 0 heterocycles. The number of fused-ring (bicyclic) bond motifs is 1. The molecule has 136 valence electrons. The van der Waals surface area contributed by atoms with E-state index in [0.717, 1.165) is 16.3 Å². The smallest absolute Gasteiger partial charge is 0.244 e. The average molecular weight is 371 g/mol. The summed E-state index contributed by atoms with van der Waals surface area (Å²) < 4.78 is 32.6. The van der Waals surface area contributed by atoms with Crippen LogP contribution >= 0.6 is 0 Å². The van der Waals surface area contributed by atoms with Crippen LogP contribution in [-0.4, -0.2) is 27.2 Å². The molecule has 0 aliphatic heterocycles. The molecule has 26 heavy (non-hydrogen) atoms. The molecule has 0 fully saturated rings. The van der Waals surface area contributed by atoms with Gasteiger partial charge in [-0.25, -0.2) is 13.1 Å².